The van der Waals surface area contributed by atoms with Gasteiger partial charge in [-0.2, -0.15) is 0 Å². The number of hydrogen-bond acceptors (Lipinski definition) is 17. The molecule has 0 unspecified atom stereocenters. The Morgan fingerprint density at radius 1 is 0.597 bits per heavy atom. The lowest BCUT2D eigenvalue weighted by Gasteiger charge is -2.14. The number of hydrogen-bond donors (Lipinski definition) is 3. The lowest BCUT2D eigenvalue weighted by Crippen LogP contribution is -2.30. The van der Waals surface area contributed by atoms with Crippen LogP contribution < -0.4 is 5.32 Å². The van der Waals surface area contributed by atoms with Crippen molar-refractivity contribution in [1.82, 2.24) is 15.3 Å². The third-order valence-corrected chi connectivity index (χ3v) is 11.5. The van der Waals surface area contributed by atoms with Gasteiger partial charge >= 0.3 is 41.8 Å². The topological polar surface area (TPSA) is 269 Å². The van der Waals surface area contributed by atoms with Gasteiger partial charge in [-0.25, -0.2) is 0 Å². The average Bonchev–Trinajstić information content (AvgIpc) is 4.06. The number of rotatable bonds is 22. The molecule has 0 aliphatic carbocycles. The Hall–Kier alpha value is -7.38. The Balaban J connectivity index is 1.75. The smallest absolute Gasteiger partial charge is 0.310 e. The zero-order valence-electron chi connectivity index (χ0n) is 39.5. The molecule has 1 amide bonds. The number of methoxy groups -OCH3 is 7. The van der Waals surface area contributed by atoms with E-state index in [1.54, 1.807) is 18.4 Å². The SMILES string of the molecule is [2H][C@H]1NC(=O)Cc2c1[nH]c(/C=C1/N=C(Cc3[nH]c(/C=C4\N=CC(CCC(=O)OC)=C4CC(=O)OC)c(CCC(=O)OC)c3CC(=O)OC)C(CCC(=O)OC)=C1CC(=O)OC)c2CCC(=O)OC. The Kier molecular flexibility index (Phi) is 17.4. The number of esters is 7. The first-order valence-electron chi connectivity index (χ1n) is 21.8. The van der Waals surface area contributed by atoms with Gasteiger partial charge in [0.2, 0.25) is 5.91 Å². The zero-order chi connectivity index (χ0) is 49.7. The van der Waals surface area contributed by atoms with Crippen LogP contribution in [0.15, 0.2) is 43.7 Å². The van der Waals surface area contributed by atoms with Crippen molar-refractivity contribution < 1.29 is 72.9 Å². The predicted molar refractivity (Wildman–Crippen MR) is 239 cm³/mol. The number of aromatic amines is 2. The lowest BCUT2D eigenvalue weighted by molar-refractivity contribution is -0.141. The number of H-pyrrole nitrogens is 2. The standard InChI is InChI=1S/C47H55N5O15/c1-61-41(54)12-8-25-23-48-33(29(25)17-45(58)65-5)20-34-27(10-14-43(56)63-3)31(18-46(59)66-6)37(50-34)21-35-28(11-15-44(57)64-4)32(19-47(60)67-7)38(51-35)22-36-26(9-13-42(55)62-2)30-16-40(53)49-24-39(30)52-36/h20,22-23,50,52H,8-19,21,24H2,1-7H3,(H,49,53)/b33-20-,38-22+/i24D/t24-/m1/s1. The summed E-state index contributed by atoms with van der Waals surface area (Å²) in [6.45, 7) is -1.13. The molecule has 1 atom stereocenters. The van der Waals surface area contributed by atoms with Crippen LogP contribution >= 0.6 is 0 Å². The van der Waals surface area contributed by atoms with E-state index in [4.69, 9.17) is 39.5 Å². The maximum absolute atomic E-state index is 13.2. The Labute approximate surface area is 387 Å². The molecule has 0 bridgehead atoms. The van der Waals surface area contributed by atoms with Gasteiger partial charge in [0.25, 0.3) is 0 Å². The molecule has 3 aliphatic rings. The minimum atomic E-state index is -1.13. The number of ether oxygens (including phenoxy) is 7. The third kappa shape index (κ3) is 12.9. The van der Waals surface area contributed by atoms with E-state index in [-0.39, 0.29) is 95.1 Å². The molecule has 20 heteroatoms. The number of aliphatic imine (C=N–C) groups is 2. The van der Waals surface area contributed by atoms with Crippen LogP contribution in [0.25, 0.3) is 12.2 Å². The van der Waals surface area contributed by atoms with Crippen LogP contribution in [0.1, 0.15) is 97.8 Å². The van der Waals surface area contributed by atoms with E-state index < -0.39 is 48.3 Å². The molecule has 0 radical (unpaired) electrons. The first-order valence-corrected chi connectivity index (χ1v) is 21.2. The summed E-state index contributed by atoms with van der Waals surface area (Å²) in [4.78, 5) is 118. The van der Waals surface area contributed by atoms with Crippen LogP contribution in [0.4, 0.5) is 0 Å². The maximum atomic E-state index is 13.2. The highest BCUT2D eigenvalue weighted by molar-refractivity contribution is 6.08. The molecule has 5 heterocycles. The summed E-state index contributed by atoms with van der Waals surface area (Å²) < 4.78 is 43.5. The summed E-state index contributed by atoms with van der Waals surface area (Å²) in [5.41, 5.74) is 6.73. The fourth-order valence-electron chi connectivity index (χ4n) is 7.95. The van der Waals surface area contributed by atoms with Crippen LogP contribution in [0.2, 0.25) is 0 Å². The monoisotopic (exact) mass is 930 g/mol. The van der Waals surface area contributed by atoms with Gasteiger partial charge in [0.05, 0.1) is 100 Å². The number of aromatic nitrogens is 2. The second-order valence-electron chi connectivity index (χ2n) is 15.3. The summed E-state index contributed by atoms with van der Waals surface area (Å²) in [7, 11) is 8.73. The largest absolute Gasteiger partial charge is 0.469 e. The summed E-state index contributed by atoms with van der Waals surface area (Å²) >= 11 is 0. The van der Waals surface area contributed by atoms with Crippen molar-refractivity contribution >= 4 is 71.8 Å². The predicted octanol–water partition coefficient (Wildman–Crippen LogP) is 3.53. The van der Waals surface area contributed by atoms with Crippen molar-refractivity contribution in [2.75, 3.05) is 49.8 Å². The molecule has 0 fully saturated rings. The Morgan fingerprint density at radius 2 is 1.10 bits per heavy atom. The number of carbonyl (C=O) groups excluding carboxylic acids is 8. The molecule has 3 N–H and O–H groups in total. The summed E-state index contributed by atoms with van der Waals surface area (Å²) in [5.74, 6) is -4.22. The van der Waals surface area contributed by atoms with Gasteiger partial charge < -0.3 is 48.4 Å². The van der Waals surface area contributed by atoms with Gasteiger partial charge in [0.1, 0.15) is 0 Å². The fraction of sp³-hybridized carbons (Fsp3) is 0.447. The first kappa shape index (κ1) is 49.1. The van der Waals surface area contributed by atoms with Gasteiger partial charge in [0, 0.05) is 61.1 Å². The molecule has 0 saturated heterocycles. The molecule has 0 saturated carbocycles. The summed E-state index contributed by atoms with van der Waals surface area (Å²) in [6.07, 6.45) is 4.22. The summed E-state index contributed by atoms with van der Waals surface area (Å²) in [6, 6.07) is 0. The quantitative estimate of drug-likeness (QED) is 0.113. The van der Waals surface area contributed by atoms with E-state index in [0.717, 1.165) is 0 Å². The number of nitrogens with one attached hydrogen (secondary N) is 3. The molecule has 20 nitrogen and oxygen atoms in total. The molecule has 5 rings (SSSR count). The minimum absolute atomic E-state index is 0.0150. The van der Waals surface area contributed by atoms with Gasteiger partial charge in [-0.1, -0.05) is 0 Å². The van der Waals surface area contributed by atoms with Gasteiger partial charge in [0.15, 0.2) is 0 Å². The van der Waals surface area contributed by atoms with Crippen LogP contribution in [0.3, 0.4) is 0 Å². The van der Waals surface area contributed by atoms with Gasteiger partial charge in [-0.3, -0.25) is 48.3 Å². The minimum Gasteiger partial charge on any atom is -0.469 e. The van der Waals surface area contributed by atoms with Crippen LogP contribution in [0, 0.1) is 0 Å². The molecule has 67 heavy (non-hydrogen) atoms. The van der Waals surface area contributed by atoms with Crippen molar-refractivity contribution in [3.05, 3.63) is 78.7 Å². The number of amides is 1. The Bertz CT molecular complexity index is 2550. The van der Waals surface area contributed by atoms with Crippen molar-refractivity contribution in [1.29, 1.82) is 0 Å². The second kappa shape index (κ2) is 23.7. The number of fused-ring (bicyclic) bond motifs is 1. The van der Waals surface area contributed by atoms with E-state index in [1.165, 1.54) is 49.8 Å². The molecule has 3 aliphatic heterocycles. The van der Waals surface area contributed by atoms with Crippen LogP contribution in [0.5, 0.6) is 0 Å². The Morgan fingerprint density at radius 3 is 1.70 bits per heavy atom. The van der Waals surface area contributed by atoms with E-state index in [0.29, 0.717) is 78.7 Å². The van der Waals surface area contributed by atoms with Gasteiger partial charge in [-0.05, 0) is 82.4 Å². The van der Waals surface area contributed by atoms with Crippen LogP contribution in [-0.2, 0) is 110 Å². The average molecular weight is 931 g/mol. The molecule has 2 aromatic rings. The van der Waals surface area contributed by atoms with E-state index in [9.17, 15) is 38.4 Å². The summed E-state index contributed by atoms with van der Waals surface area (Å²) in [5, 5.41) is 2.59. The van der Waals surface area contributed by atoms with E-state index in [1.807, 2.05) is 0 Å². The van der Waals surface area contributed by atoms with Gasteiger partial charge in [-0.15, -0.1) is 0 Å². The number of nitrogens with zero attached hydrogens (tertiary/aromatic N) is 2. The maximum Gasteiger partial charge on any atom is 0.310 e. The molecular formula is C47H55N5O15. The van der Waals surface area contributed by atoms with Crippen molar-refractivity contribution in [2.45, 2.75) is 90.0 Å². The highest BCUT2D eigenvalue weighted by atomic mass is 16.5. The van der Waals surface area contributed by atoms with E-state index >= 15 is 0 Å². The second-order valence-corrected chi connectivity index (χ2v) is 15.3. The highest BCUT2D eigenvalue weighted by Gasteiger charge is 2.31. The molecule has 358 valence electrons. The third-order valence-electron chi connectivity index (χ3n) is 11.5. The zero-order valence-corrected chi connectivity index (χ0v) is 38.5. The molecule has 0 spiro atoms. The molecular weight excluding hydrogens is 875 g/mol. The van der Waals surface area contributed by atoms with Crippen molar-refractivity contribution in [3.63, 3.8) is 0 Å². The number of allylic oxidation sites excluding steroid dienone is 4. The first-order chi connectivity index (χ1) is 32.6. The fourth-order valence-corrected chi connectivity index (χ4v) is 7.95. The van der Waals surface area contributed by atoms with Crippen LogP contribution in [-0.4, -0.2) is 119 Å². The van der Waals surface area contributed by atoms with Crippen molar-refractivity contribution in [3.8, 4) is 0 Å². The van der Waals surface area contributed by atoms with E-state index in [2.05, 4.69) is 20.3 Å². The molecule has 2 aromatic heterocycles. The normalized spacial score (nSPS) is 16.6. The van der Waals surface area contributed by atoms with Crippen molar-refractivity contribution in [2.24, 2.45) is 9.98 Å². The highest BCUT2D eigenvalue weighted by Crippen LogP contribution is 2.38. The molecule has 0 aromatic carbocycles. The lowest BCUT2D eigenvalue weighted by atomic mass is 9.92. The number of carbonyl (C=O) groups is 8.